The summed E-state index contributed by atoms with van der Waals surface area (Å²) < 4.78 is 11.5. The molecule has 0 bridgehead atoms. The van der Waals surface area contributed by atoms with E-state index in [1.807, 2.05) is 12.1 Å². The molecule has 0 fully saturated rings. The van der Waals surface area contributed by atoms with Gasteiger partial charge in [0.25, 0.3) is 0 Å². The van der Waals surface area contributed by atoms with E-state index in [0.29, 0.717) is 29.9 Å². The van der Waals surface area contributed by atoms with E-state index < -0.39 is 5.92 Å². The lowest BCUT2D eigenvalue weighted by Crippen LogP contribution is -2.27. The van der Waals surface area contributed by atoms with Crippen LogP contribution in [0.4, 0.5) is 0 Å². The summed E-state index contributed by atoms with van der Waals surface area (Å²) in [6.07, 6.45) is 1.87. The van der Waals surface area contributed by atoms with Gasteiger partial charge in [0.1, 0.15) is 23.2 Å². The highest BCUT2D eigenvalue weighted by molar-refractivity contribution is 9.10. The van der Waals surface area contributed by atoms with E-state index in [9.17, 15) is 10.1 Å². The van der Waals surface area contributed by atoms with Gasteiger partial charge in [0, 0.05) is 18.4 Å². The Morgan fingerprint density at radius 1 is 1.43 bits per heavy atom. The van der Waals surface area contributed by atoms with Gasteiger partial charge >= 0.3 is 0 Å². The van der Waals surface area contributed by atoms with E-state index >= 15 is 0 Å². The monoisotopic (exact) mass is 374 g/mol. The van der Waals surface area contributed by atoms with E-state index in [4.69, 9.17) is 15.2 Å². The first-order chi connectivity index (χ1) is 11.1. The molecular formula is C17H15BrN2O3. The van der Waals surface area contributed by atoms with Crippen molar-refractivity contribution < 1.29 is 14.3 Å². The van der Waals surface area contributed by atoms with Gasteiger partial charge in [-0.15, -0.1) is 0 Å². The number of nitriles is 1. The van der Waals surface area contributed by atoms with Crippen LogP contribution in [0, 0.1) is 11.3 Å². The molecule has 6 heteroatoms. The van der Waals surface area contributed by atoms with Gasteiger partial charge in [-0.3, -0.25) is 4.79 Å². The molecule has 1 aromatic rings. The lowest BCUT2D eigenvalue weighted by Gasteiger charge is -2.31. The van der Waals surface area contributed by atoms with Gasteiger partial charge in [-0.2, -0.15) is 5.26 Å². The first-order valence-electron chi connectivity index (χ1n) is 7.24. The maximum Gasteiger partial charge on any atom is 0.205 e. The third-order valence-electron chi connectivity index (χ3n) is 4.11. The number of Topliss-reactive ketones (excluding diaryl/α,β-unsaturated/α-hetero) is 1. The van der Waals surface area contributed by atoms with Crippen molar-refractivity contribution in [2.24, 2.45) is 5.73 Å². The fourth-order valence-electron chi connectivity index (χ4n) is 3.05. The highest BCUT2D eigenvalue weighted by Crippen LogP contribution is 2.44. The van der Waals surface area contributed by atoms with Crippen LogP contribution in [0.3, 0.4) is 0 Å². The smallest absolute Gasteiger partial charge is 0.205 e. The Morgan fingerprint density at radius 2 is 2.22 bits per heavy atom. The summed E-state index contributed by atoms with van der Waals surface area (Å²) in [7, 11) is 1.58. The minimum absolute atomic E-state index is 0.0171. The van der Waals surface area contributed by atoms with Crippen LogP contribution in [0.15, 0.2) is 45.5 Å². The predicted octanol–water partition coefficient (Wildman–Crippen LogP) is 3.27. The van der Waals surface area contributed by atoms with Crippen molar-refractivity contribution in [3.63, 3.8) is 0 Å². The number of allylic oxidation sites excluding steroid dienone is 3. The second-order valence-electron chi connectivity index (χ2n) is 5.43. The summed E-state index contributed by atoms with van der Waals surface area (Å²) in [5, 5.41) is 9.50. The van der Waals surface area contributed by atoms with Crippen molar-refractivity contribution in [3.05, 3.63) is 51.0 Å². The maximum absolute atomic E-state index is 12.4. The van der Waals surface area contributed by atoms with Gasteiger partial charge in [0.2, 0.25) is 5.88 Å². The van der Waals surface area contributed by atoms with Crippen LogP contribution >= 0.6 is 15.9 Å². The van der Waals surface area contributed by atoms with Crippen molar-refractivity contribution in [1.82, 2.24) is 0 Å². The average molecular weight is 375 g/mol. The van der Waals surface area contributed by atoms with Gasteiger partial charge in [-0.05, 0) is 40.0 Å². The van der Waals surface area contributed by atoms with Gasteiger partial charge in [-0.1, -0.05) is 6.07 Å². The Balaban J connectivity index is 2.17. The second-order valence-corrected chi connectivity index (χ2v) is 6.29. The summed E-state index contributed by atoms with van der Waals surface area (Å²) in [6.45, 7) is 0. The third-order valence-corrected chi connectivity index (χ3v) is 4.73. The highest BCUT2D eigenvalue weighted by Gasteiger charge is 2.38. The molecule has 1 atom stereocenters. The molecule has 1 aliphatic heterocycles. The normalized spacial score (nSPS) is 20.7. The predicted molar refractivity (Wildman–Crippen MR) is 87.2 cm³/mol. The summed E-state index contributed by atoms with van der Waals surface area (Å²) in [5.41, 5.74) is 7.55. The van der Waals surface area contributed by atoms with E-state index in [-0.39, 0.29) is 17.2 Å². The van der Waals surface area contributed by atoms with Crippen LogP contribution in [0.25, 0.3) is 0 Å². The Bertz CT molecular complexity index is 790. The number of hydrogen-bond acceptors (Lipinski definition) is 5. The molecule has 1 aliphatic carbocycles. The zero-order valence-corrected chi connectivity index (χ0v) is 14.1. The molecule has 0 aromatic heterocycles. The maximum atomic E-state index is 12.4. The molecule has 2 N–H and O–H groups in total. The molecule has 3 rings (SSSR count). The second kappa shape index (κ2) is 6.09. The number of hydrogen-bond donors (Lipinski definition) is 1. The van der Waals surface area contributed by atoms with Crippen LogP contribution in [0.5, 0.6) is 5.75 Å². The highest BCUT2D eigenvalue weighted by atomic mass is 79.9. The Kier molecular flexibility index (Phi) is 4.14. The van der Waals surface area contributed by atoms with Crippen LogP contribution in [-0.4, -0.2) is 12.9 Å². The summed E-state index contributed by atoms with van der Waals surface area (Å²) in [4.78, 5) is 12.4. The van der Waals surface area contributed by atoms with Gasteiger partial charge in [0.05, 0.1) is 17.5 Å². The SMILES string of the molecule is COc1ccc([C@H]2C(C#N)=C(N)OC3=C2C(=O)CCC3)cc1Br. The molecule has 0 radical (unpaired) electrons. The topological polar surface area (TPSA) is 85.3 Å². The first-order valence-corrected chi connectivity index (χ1v) is 8.03. The Labute approximate surface area is 142 Å². The molecule has 0 amide bonds. The zero-order valence-electron chi connectivity index (χ0n) is 12.6. The Morgan fingerprint density at radius 3 is 2.87 bits per heavy atom. The molecule has 0 unspecified atom stereocenters. The van der Waals surface area contributed by atoms with E-state index in [2.05, 4.69) is 22.0 Å². The fourth-order valence-corrected chi connectivity index (χ4v) is 3.61. The Hall–Kier alpha value is -2.26. The number of carbonyl (C=O) groups is 1. The van der Waals surface area contributed by atoms with E-state index in [0.717, 1.165) is 16.5 Å². The number of nitrogens with two attached hydrogens (primary N) is 1. The quantitative estimate of drug-likeness (QED) is 0.858. The minimum atomic E-state index is -0.487. The summed E-state index contributed by atoms with van der Waals surface area (Å²) >= 11 is 3.45. The number of ketones is 1. The largest absolute Gasteiger partial charge is 0.496 e. The van der Waals surface area contributed by atoms with Crippen molar-refractivity contribution in [2.45, 2.75) is 25.2 Å². The molecular weight excluding hydrogens is 360 g/mol. The van der Waals surface area contributed by atoms with E-state index in [1.54, 1.807) is 13.2 Å². The van der Waals surface area contributed by atoms with Crippen molar-refractivity contribution in [3.8, 4) is 11.8 Å². The number of carbonyl (C=O) groups excluding carboxylic acids is 1. The number of nitrogens with zero attached hydrogens (tertiary/aromatic N) is 1. The molecule has 5 nitrogen and oxygen atoms in total. The number of benzene rings is 1. The lowest BCUT2D eigenvalue weighted by atomic mass is 9.77. The average Bonchev–Trinajstić information content (AvgIpc) is 2.53. The molecule has 0 saturated carbocycles. The van der Waals surface area contributed by atoms with Crippen molar-refractivity contribution >= 4 is 21.7 Å². The number of methoxy groups -OCH3 is 1. The van der Waals surface area contributed by atoms with Crippen molar-refractivity contribution in [2.75, 3.05) is 7.11 Å². The summed E-state index contributed by atoms with van der Waals surface area (Å²) in [5.74, 6) is 0.884. The summed E-state index contributed by atoms with van der Waals surface area (Å²) in [6, 6.07) is 7.60. The molecule has 1 heterocycles. The van der Waals surface area contributed by atoms with Gasteiger partial charge in [0.15, 0.2) is 5.78 Å². The van der Waals surface area contributed by atoms with Crippen LogP contribution in [0.1, 0.15) is 30.7 Å². The van der Waals surface area contributed by atoms with Crippen LogP contribution in [0.2, 0.25) is 0 Å². The van der Waals surface area contributed by atoms with Gasteiger partial charge < -0.3 is 15.2 Å². The van der Waals surface area contributed by atoms with Crippen LogP contribution in [-0.2, 0) is 9.53 Å². The zero-order chi connectivity index (χ0) is 16.6. The molecule has 2 aliphatic rings. The van der Waals surface area contributed by atoms with Crippen molar-refractivity contribution in [1.29, 1.82) is 5.26 Å². The molecule has 0 saturated heterocycles. The third kappa shape index (κ3) is 2.62. The molecule has 1 aromatic carbocycles. The van der Waals surface area contributed by atoms with Crippen LogP contribution < -0.4 is 10.5 Å². The lowest BCUT2D eigenvalue weighted by molar-refractivity contribution is -0.116. The molecule has 118 valence electrons. The minimum Gasteiger partial charge on any atom is -0.496 e. The van der Waals surface area contributed by atoms with Gasteiger partial charge in [-0.25, -0.2) is 0 Å². The molecule has 23 heavy (non-hydrogen) atoms. The first kappa shape index (κ1) is 15.6. The number of halogens is 1. The number of rotatable bonds is 2. The standard InChI is InChI=1S/C17H15BrN2O3/c1-22-13-6-5-9(7-11(13)18)15-10(8-19)17(20)23-14-4-2-3-12(21)16(14)15/h5-7,15H,2-4,20H2,1H3/t15-/m0/s1. The fraction of sp³-hybridized carbons (Fsp3) is 0.294. The number of ether oxygens (including phenoxy) is 2. The van der Waals surface area contributed by atoms with E-state index in [1.165, 1.54) is 0 Å². The molecule has 0 spiro atoms.